The normalized spacial score (nSPS) is 22.0. The lowest BCUT2D eigenvalue weighted by Crippen LogP contribution is -2.61. The Bertz CT molecular complexity index is 1410. The number of hydrogen-bond donors (Lipinski definition) is 4. The Hall–Kier alpha value is -3.00. The summed E-state index contributed by atoms with van der Waals surface area (Å²) in [6, 6.07) is -4.27. The molecule has 4 N–H and O–H groups in total. The third-order valence-corrected chi connectivity index (χ3v) is 13.3. The van der Waals surface area contributed by atoms with Crippen molar-refractivity contribution in [3.8, 4) is 0 Å². The van der Waals surface area contributed by atoms with Crippen LogP contribution in [0.2, 0.25) is 0 Å². The molecule has 5 amide bonds. The van der Waals surface area contributed by atoms with E-state index in [-0.39, 0.29) is 41.9 Å². The maximum atomic E-state index is 14.7. The Morgan fingerprint density at radius 2 is 1.52 bits per heavy atom. The van der Waals surface area contributed by atoms with Crippen LogP contribution in [0.15, 0.2) is 12.7 Å². The largest absolute Gasteiger partial charge is 0.346 e. The van der Waals surface area contributed by atoms with Crippen LogP contribution in [-0.2, 0) is 29.2 Å². The smallest absolute Gasteiger partial charge is 0.315 e. The molecule has 13 nitrogen and oxygen atoms in total. The Balaban J connectivity index is 1.89. The SMILES string of the molecule is C=CCNC(=O)C(=O)C(CC1CC1)NC(=O)[C@@H]1C(C(C)C)CCN1C(=O)[C@@H](NC(=O)N[C@H](CS(=O)(=O)N(C)C(C)(C)C)C(C)(C)C)C1CCCCC1. The number of likely N-dealkylation sites (tertiary alicyclic amines) is 1. The van der Waals surface area contributed by atoms with Gasteiger partial charge in [-0.25, -0.2) is 13.2 Å². The van der Waals surface area contributed by atoms with Gasteiger partial charge in [0.15, 0.2) is 0 Å². The fourth-order valence-corrected chi connectivity index (χ4v) is 9.36. The van der Waals surface area contributed by atoms with Gasteiger partial charge in [0, 0.05) is 25.7 Å². The maximum absolute atomic E-state index is 14.7. The van der Waals surface area contributed by atoms with Crippen molar-refractivity contribution in [2.75, 3.05) is 25.9 Å². The predicted octanol–water partition coefficient (Wildman–Crippen LogP) is 3.74. The van der Waals surface area contributed by atoms with E-state index in [1.54, 1.807) is 25.7 Å². The highest BCUT2D eigenvalue weighted by Gasteiger charge is 2.48. The molecule has 14 heteroatoms. The van der Waals surface area contributed by atoms with Gasteiger partial charge < -0.3 is 26.2 Å². The monoisotopic (exact) mass is 750 g/mol. The summed E-state index contributed by atoms with van der Waals surface area (Å²) in [4.78, 5) is 70.1. The molecular formula is C38H66N6O7S. The van der Waals surface area contributed by atoms with Crippen LogP contribution in [0, 0.1) is 29.1 Å². The summed E-state index contributed by atoms with van der Waals surface area (Å²) in [6.45, 7) is 19.0. The van der Waals surface area contributed by atoms with Crippen LogP contribution in [-0.4, -0.2) is 103 Å². The van der Waals surface area contributed by atoms with Crippen LogP contribution in [0.4, 0.5) is 4.79 Å². The number of carbonyl (C=O) groups excluding carboxylic acids is 5. The molecule has 1 aliphatic heterocycles. The first-order valence-electron chi connectivity index (χ1n) is 19.2. The molecule has 296 valence electrons. The first kappa shape index (κ1) is 43.4. The van der Waals surface area contributed by atoms with Crippen LogP contribution in [0.3, 0.4) is 0 Å². The van der Waals surface area contributed by atoms with Gasteiger partial charge in [-0.1, -0.05) is 72.8 Å². The Morgan fingerprint density at radius 1 is 0.904 bits per heavy atom. The van der Waals surface area contributed by atoms with E-state index in [1.807, 2.05) is 34.6 Å². The predicted molar refractivity (Wildman–Crippen MR) is 203 cm³/mol. The van der Waals surface area contributed by atoms with E-state index in [1.165, 1.54) is 17.4 Å². The zero-order chi connectivity index (χ0) is 39.2. The van der Waals surface area contributed by atoms with E-state index in [4.69, 9.17) is 0 Å². The summed E-state index contributed by atoms with van der Waals surface area (Å²) >= 11 is 0. The van der Waals surface area contributed by atoms with E-state index < -0.39 is 68.8 Å². The van der Waals surface area contributed by atoms with Crippen LogP contribution in [0.5, 0.6) is 0 Å². The van der Waals surface area contributed by atoms with Crippen molar-refractivity contribution in [3.05, 3.63) is 12.7 Å². The number of rotatable bonds is 16. The number of carbonyl (C=O) groups is 5. The molecule has 3 fully saturated rings. The van der Waals surface area contributed by atoms with Gasteiger partial charge in [0.1, 0.15) is 12.1 Å². The van der Waals surface area contributed by atoms with Crippen molar-refractivity contribution in [1.82, 2.24) is 30.5 Å². The molecule has 3 rings (SSSR count). The van der Waals surface area contributed by atoms with Gasteiger partial charge in [-0.05, 0) is 75.5 Å². The lowest BCUT2D eigenvalue weighted by Gasteiger charge is -2.38. The molecule has 2 unspecified atom stereocenters. The molecular weight excluding hydrogens is 685 g/mol. The highest BCUT2D eigenvalue weighted by atomic mass is 32.2. The molecule has 0 bridgehead atoms. The van der Waals surface area contributed by atoms with E-state index in [0.717, 1.165) is 44.9 Å². The second-order valence-electron chi connectivity index (χ2n) is 17.6. The average molecular weight is 751 g/mol. The minimum absolute atomic E-state index is 0.0344. The number of Topliss-reactive ketones (excluding diaryl/α,β-unsaturated/α-hetero) is 1. The van der Waals surface area contributed by atoms with Gasteiger partial charge >= 0.3 is 6.03 Å². The van der Waals surface area contributed by atoms with Crippen LogP contribution >= 0.6 is 0 Å². The number of amides is 5. The van der Waals surface area contributed by atoms with Crippen LogP contribution in [0.1, 0.15) is 113 Å². The summed E-state index contributed by atoms with van der Waals surface area (Å²) in [5, 5.41) is 11.2. The van der Waals surface area contributed by atoms with Crippen molar-refractivity contribution in [2.24, 2.45) is 29.1 Å². The van der Waals surface area contributed by atoms with Crippen molar-refractivity contribution in [3.63, 3.8) is 0 Å². The quantitative estimate of drug-likeness (QED) is 0.137. The molecule has 0 aromatic heterocycles. The van der Waals surface area contributed by atoms with Crippen molar-refractivity contribution < 1.29 is 32.4 Å². The van der Waals surface area contributed by atoms with E-state index in [0.29, 0.717) is 19.4 Å². The van der Waals surface area contributed by atoms with Crippen molar-refractivity contribution in [1.29, 1.82) is 0 Å². The fourth-order valence-electron chi connectivity index (χ4n) is 7.30. The number of hydrogen-bond acceptors (Lipinski definition) is 7. The van der Waals surface area contributed by atoms with Crippen LogP contribution in [0.25, 0.3) is 0 Å². The molecule has 3 aliphatic rings. The van der Waals surface area contributed by atoms with Gasteiger partial charge in [0.2, 0.25) is 27.6 Å². The molecule has 2 aliphatic carbocycles. The van der Waals surface area contributed by atoms with E-state index in [2.05, 4.69) is 27.8 Å². The third-order valence-electron chi connectivity index (χ3n) is 11.1. The lowest BCUT2D eigenvalue weighted by molar-refractivity contribution is -0.144. The summed E-state index contributed by atoms with van der Waals surface area (Å²) in [7, 11) is -2.24. The number of ketones is 1. The highest BCUT2D eigenvalue weighted by molar-refractivity contribution is 7.89. The fraction of sp³-hybridized carbons (Fsp3) is 0.816. The summed E-state index contributed by atoms with van der Waals surface area (Å²) < 4.78 is 28.2. The topological polar surface area (TPSA) is 174 Å². The number of sulfonamides is 1. The first-order valence-corrected chi connectivity index (χ1v) is 20.8. The molecule has 52 heavy (non-hydrogen) atoms. The summed E-state index contributed by atoms with van der Waals surface area (Å²) in [6.07, 6.45) is 8.50. The van der Waals surface area contributed by atoms with Gasteiger partial charge in [-0.15, -0.1) is 6.58 Å². The third kappa shape index (κ3) is 11.8. The van der Waals surface area contributed by atoms with Crippen molar-refractivity contribution in [2.45, 2.75) is 143 Å². The molecule has 0 radical (unpaired) electrons. The number of urea groups is 1. The minimum atomic E-state index is -3.77. The highest BCUT2D eigenvalue weighted by Crippen LogP contribution is 2.36. The van der Waals surface area contributed by atoms with Gasteiger partial charge in [-0.2, -0.15) is 4.31 Å². The molecule has 0 spiro atoms. The van der Waals surface area contributed by atoms with E-state index in [9.17, 15) is 32.4 Å². The Kier molecular flexibility index (Phi) is 14.9. The lowest BCUT2D eigenvalue weighted by atomic mass is 9.83. The number of nitrogens with zero attached hydrogens (tertiary/aromatic N) is 2. The van der Waals surface area contributed by atoms with Gasteiger partial charge in [-0.3, -0.25) is 19.2 Å². The Labute approximate surface area is 312 Å². The summed E-state index contributed by atoms with van der Waals surface area (Å²) in [5.41, 5.74) is -1.29. The minimum Gasteiger partial charge on any atom is -0.346 e. The van der Waals surface area contributed by atoms with Crippen molar-refractivity contribution >= 4 is 39.6 Å². The number of nitrogens with one attached hydrogen (secondary N) is 4. The second kappa shape index (κ2) is 17.9. The molecule has 0 aromatic rings. The average Bonchev–Trinajstić information content (AvgIpc) is 3.76. The zero-order valence-electron chi connectivity index (χ0n) is 33.0. The Morgan fingerprint density at radius 3 is 2.04 bits per heavy atom. The zero-order valence-corrected chi connectivity index (χ0v) is 33.9. The van der Waals surface area contributed by atoms with Gasteiger partial charge in [0.25, 0.3) is 5.91 Å². The maximum Gasteiger partial charge on any atom is 0.315 e. The van der Waals surface area contributed by atoms with Gasteiger partial charge in [0.05, 0.1) is 17.8 Å². The molecule has 0 aromatic carbocycles. The van der Waals surface area contributed by atoms with Crippen LogP contribution < -0.4 is 21.3 Å². The second-order valence-corrected chi connectivity index (χ2v) is 19.7. The summed E-state index contributed by atoms with van der Waals surface area (Å²) in [5.74, 6) is -2.78. The van der Waals surface area contributed by atoms with E-state index >= 15 is 0 Å². The molecule has 1 saturated heterocycles. The molecule has 2 saturated carbocycles. The molecule has 1 heterocycles. The first-order chi connectivity index (χ1) is 24.1. The molecule has 5 atom stereocenters. The standard InChI is InChI=1S/C38H66N6O7S/c1-11-20-39-34(47)32(45)28(22-25-17-18-25)40-33(46)31-27(24(2)3)19-21-44(31)35(48)30(26-15-13-12-14-16-26)42-36(49)41-29(37(4,5)6)23-52(50,51)43(10)38(7,8)9/h11,24-31H,1,12-23H2,2-10H3,(H,39,47)(H,40,46)(H2,41,42,49)/t27?,28?,29-,30+,31+/m1/s1.